The van der Waals surface area contributed by atoms with Crippen LogP contribution in [0.3, 0.4) is 0 Å². The van der Waals surface area contributed by atoms with Crippen LogP contribution in [0, 0.1) is 5.41 Å². The van der Waals surface area contributed by atoms with E-state index in [2.05, 4.69) is 29.1 Å². The molecule has 7 heteroatoms. The fourth-order valence-corrected chi connectivity index (χ4v) is 2.74. The number of hydrogen-bond donors (Lipinski definition) is 1. The van der Waals surface area contributed by atoms with E-state index in [0.29, 0.717) is 0 Å². The Bertz CT molecular complexity index is 488. The fraction of sp³-hybridized carbons (Fsp3) is 0.692. The van der Waals surface area contributed by atoms with E-state index < -0.39 is 12.0 Å². The van der Waals surface area contributed by atoms with Crippen LogP contribution in [-0.4, -0.2) is 16.0 Å². The van der Waals surface area contributed by atoms with Crippen LogP contribution in [0.1, 0.15) is 45.4 Å². The number of hydrogen-bond acceptors (Lipinski definition) is 3. The Morgan fingerprint density at radius 2 is 2.00 bits per heavy atom. The van der Waals surface area contributed by atoms with Gasteiger partial charge in [0.2, 0.25) is 5.82 Å². The lowest BCUT2D eigenvalue weighted by Gasteiger charge is -2.39. The maximum atomic E-state index is 12.7. The Labute approximate surface area is 120 Å². The summed E-state index contributed by atoms with van der Waals surface area (Å²) in [5, 5.41) is 2.88. The first-order valence-electron chi connectivity index (χ1n) is 6.57. The van der Waals surface area contributed by atoms with Gasteiger partial charge in [-0.1, -0.05) is 38.3 Å². The molecule has 1 atom stereocenters. The van der Waals surface area contributed by atoms with Crippen LogP contribution >= 0.6 is 11.6 Å². The van der Waals surface area contributed by atoms with Crippen molar-refractivity contribution in [2.75, 3.05) is 5.32 Å². The summed E-state index contributed by atoms with van der Waals surface area (Å²) in [4.78, 5) is 6.76. The van der Waals surface area contributed by atoms with Crippen molar-refractivity contribution < 1.29 is 13.2 Å². The van der Waals surface area contributed by atoms with Gasteiger partial charge in [-0.3, -0.25) is 0 Å². The molecule has 1 aliphatic rings. The molecule has 0 radical (unpaired) electrons. The van der Waals surface area contributed by atoms with Crippen LogP contribution < -0.4 is 5.32 Å². The molecule has 0 bridgehead atoms. The summed E-state index contributed by atoms with van der Waals surface area (Å²) in [6, 6.07) is 1.42. The van der Waals surface area contributed by atoms with E-state index in [0.717, 1.165) is 25.7 Å². The quantitative estimate of drug-likeness (QED) is 0.816. The zero-order valence-electron chi connectivity index (χ0n) is 11.4. The van der Waals surface area contributed by atoms with E-state index in [1.165, 1.54) is 6.07 Å². The number of nitrogens with one attached hydrogen (secondary N) is 1. The zero-order valence-corrected chi connectivity index (χ0v) is 12.1. The van der Waals surface area contributed by atoms with E-state index >= 15 is 0 Å². The second kappa shape index (κ2) is 5.39. The van der Waals surface area contributed by atoms with Crippen molar-refractivity contribution in [3.05, 3.63) is 17.0 Å². The first-order valence-corrected chi connectivity index (χ1v) is 6.94. The Hall–Kier alpha value is -1.04. The van der Waals surface area contributed by atoms with Crippen molar-refractivity contribution in [3.8, 4) is 0 Å². The lowest BCUT2D eigenvalue weighted by Crippen LogP contribution is -2.39. The highest BCUT2D eigenvalue weighted by Gasteiger charge is 2.36. The monoisotopic (exact) mass is 307 g/mol. The molecule has 0 aromatic carbocycles. The SMILES string of the molecule is CC1(C)CCCCC1Nc1cc(Cl)nc(C(F)(F)F)n1. The van der Waals surface area contributed by atoms with Crippen molar-refractivity contribution in [3.63, 3.8) is 0 Å². The van der Waals surface area contributed by atoms with Gasteiger partial charge in [0.1, 0.15) is 11.0 Å². The lowest BCUT2D eigenvalue weighted by molar-refractivity contribution is -0.144. The third-order valence-corrected chi connectivity index (χ3v) is 3.97. The highest BCUT2D eigenvalue weighted by molar-refractivity contribution is 6.29. The minimum atomic E-state index is -4.59. The van der Waals surface area contributed by atoms with Gasteiger partial charge < -0.3 is 5.32 Å². The summed E-state index contributed by atoms with van der Waals surface area (Å²) in [5.74, 6) is -1.07. The van der Waals surface area contributed by atoms with Crippen LogP contribution in [-0.2, 0) is 6.18 Å². The number of nitrogens with zero attached hydrogens (tertiary/aromatic N) is 2. The third-order valence-electron chi connectivity index (χ3n) is 3.78. The average Bonchev–Trinajstić information content (AvgIpc) is 2.30. The smallest absolute Gasteiger partial charge is 0.367 e. The van der Waals surface area contributed by atoms with Crippen molar-refractivity contribution in [2.45, 2.75) is 51.7 Å². The van der Waals surface area contributed by atoms with Crippen LogP contribution in [0.5, 0.6) is 0 Å². The Morgan fingerprint density at radius 1 is 1.30 bits per heavy atom. The molecule has 0 aliphatic heterocycles. The summed E-state index contributed by atoms with van der Waals surface area (Å²) < 4.78 is 38.0. The number of alkyl halides is 3. The van der Waals surface area contributed by atoms with E-state index in [1.807, 2.05) is 0 Å². The minimum Gasteiger partial charge on any atom is -0.367 e. The van der Waals surface area contributed by atoms with Gasteiger partial charge in [-0.2, -0.15) is 13.2 Å². The number of halogens is 4. The largest absolute Gasteiger partial charge is 0.451 e. The number of rotatable bonds is 2. The Kier molecular flexibility index (Phi) is 4.14. The zero-order chi connectivity index (χ0) is 15.0. The second-order valence-electron chi connectivity index (χ2n) is 5.83. The number of anilines is 1. The molecule has 20 heavy (non-hydrogen) atoms. The van der Waals surface area contributed by atoms with Crippen LogP contribution in [0.2, 0.25) is 5.15 Å². The minimum absolute atomic E-state index is 0.0219. The molecule has 1 unspecified atom stereocenters. The van der Waals surface area contributed by atoms with Gasteiger partial charge in [0.15, 0.2) is 0 Å². The van der Waals surface area contributed by atoms with E-state index in [1.54, 1.807) is 0 Å². The first-order chi connectivity index (χ1) is 9.18. The standard InChI is InChI=1S/C13H17ClF3N3/c1-12(2)6-4-3-5-8(12)18-10-7-9(14)19-11(20-10)13(15,16)17/h7-8H,3-6H2,1-2H3,(H,18,19,20). The van der Waals surface area contributed by atoms with Gasteiger partial charge in [0.25, 0.3) is 0 Å². The summed E-state index contributed by atoms with van der Waals surface area (Å²) in [5.41, 5.74) is 0.0219. The van der Waals surface area contributed by atoms with E-state index in [4.69, 9.17) is 11.6 Å². The molecule has 1 aromatic rings. The predicted molar refractivity (Wildman–Crippen MR) is 71.7 cm³/mol. The molecule has 3 nitrogen and oxygen atoms in total. The van der Waals surface area contributed by atoms with Crippen molar-refractivity contribution in [1.82, 2.24) is 9.97 Å². The summed E-state index contributed by atoms with van der Waals surface area (Å²) in [6.07, 6.45) is -0.440. The molecule has 0 amide bonds. The van der Waals surface area contributed by atoms with Gasteiger partial charge in [-0.05, 0) is 18.3 Å². The highest BCUT2D eigenvalue weighted by Crippen LogP contribution is 2.37. The van der Waals surface area contributed by atoms with Gasteiger partial charge in [-0.25, -0.2) is 9.97 Å². The molecule has 1 aliphatic carbocycles. The maximum Gasteiger partial charge on any atom is 0.451 e. The molecule has 2 rings (SSSR count). The molecule has 1 saturated carbocycles. The summed E-state index contributed by atoms with van der Waals surface area (Å²) in [6.45, 7) is 4.22. The van der Waals surface area contributed by atoms with Crippen LogP contribution in [0.15, 0.2) is 6.07 Å². The molecule has 1 N–H and O–H groups in total. The normalized spacial score (nSPS) is 22.6. The summed E-state index contributed by atoms with van der Waals surface area (Å²) in [7, 11) is 0. The topological polar surface area (TPSA) is 37.8 Å². The molecule has 112 valence electrons. The van der Waals surface area contributed by atoms with Crippen molar-refractivity contribution in [1.29, 1.82) is 0 Å². The molecule has 0 saturated heterocycles. The molecule has 1 aromatic heterocycles. The van der Waals surface area contributed by atoms with Crippen LogP contribution in [0.4, 0.5) is 19.0 Å². The lowest BCUT2D eigenvalue weighted by atomic mass is 9.73. The van der Waals surface area contributed by atoms with Crippen molar-refractivity contribution in [2.24, 2.45) is 5.41 Å². The van der Waals surface area contributed by atoms with Crippen molar-refractivity contribution >= 4 is 17.4 Å². The Morgan fingerprint density at radius 3 is 2.60 bits per heavy atom. The molecular weight excluding hydrogens is 291 g/mol. The van der Waals surface area contributed by atoms with Crippen LogP contribution in [0.25, 0.3) is 0 Å². The molecule has 0 spiro atoms. The second-order valence-corrected chi connectivity index (χ2v) is 6.22. The molecule has 1 heterocycles. The molecule has 1 fully saturated rings. The van der Waals surface area contributed by atoms with Gasteiger partial charge >= 0.3 is 6.18 Å². The number of aromatic nitrogens is 2. The molecular formula is C13H17ClF3N3. The van der Waals surface area contributed by atoms with Gasteiger partial charge in [0.05, 0.1) is 0 Å². The third kappa shape index (κ3) is 3.53. The van der Waals surface area contributed by atoms with Gasteiger partial charge in [-0.15, -0.1) is 0 Å². The first kappa shape index (κ1) is 15.4. The van der Waals surface area contributed by atoms with E-state index in [9.17, 15) is 13.2 Å². The van der Waals surface area contributed by atoms with Gasteiger partial charge in [0, 0.05) is 12.1 Å². The van der Waals surface area contributed by atoms with E-state index in [-0.39, 0.29) is 22.4 Å². The Balaban J connectivity index is 2.23. The summed E-state index contributed by atoms with van der Waals surface area (Å²) >= 11 is 5.65. The fourth-order valence-electron chi connectivity index (χ4n) is 2.56. The highest BCUT2D eigenvalue weighted by atomic mass is 35.5. The maximum absolute atomic E-state index is 12.7. The average molecular weight is 308 g/mol. The predicted octanol–water partition coefficient (Wildman–Crippen LogP) is 4.53.